The van der Waals surface area contributed by atoms with Crippen LogP contribution in [0.25, 0.3) is 10.9 Å². The number of benzene rings is 2. The number of allylic oxidation sites excluding steroid dienone is 1. The first-order valence-corrected chi connectivity index (χ1v) is 9.70. The molecule has 3 aromatic rings. The largest absolute Gasteiger partial charge is 0.493 e. The smallest absolute Gasteiger partial charge is 0.261 e. The van der Waals surface area contributed by atoms with Crippen LogP contribution in [0.3, 0.4) is 0 Å². The number of aliphatic hydroxyl groups is 1. The van der Waals surface area contributed by atoms with Crippen molar-refractivity contribution in [3.8, 4) is 23.0 Å². The summed E-state index contributed by atoms with van der Waals surface area (Å²) in [6.07, 6.45) is 2.98. The van der Waals surface area contributed by atoms with Crippen molar-refractivity contribution >= 4 is 10.9 Å². The third kappa shape index (κ3) is 4.97. The molecule has 8 heteroatoms. The summed E-state index contributed by atoms with van der Waals surface area (Å²) in [5, 5.41) is 10.8. The zero-order valence-corrected chi connectivity index (χ0v) is 17.8. The number of hydrogen-bond acceptors (Lipinski definition) is 7. The van der Waals surface area contributed by atoms with E-state index in [4.69, 9.17) is 18.9 Å². The fourth-order valence-corrected chi connectivity index (χ4v) is 3.21. The van der Waals surface area contributed by atoms with E-state index in [2.05, 4.69) is 11.6 Å². The van der Waals surface area contributed by atoms with Gasteiger partial charge in [0.2, 0.25) is 0 Å². The number of ether oxygens (including phenoxy) is 4. The highest BCUT2D eigenvalue weighted by molar-refractivity contribution is 5.81. The molecule has 8 nitrogen and oxygen atoms in total. The number of rotatable bonds is 10. The van der Waals surface area contributed by atoms with Crippen molar-refractivity contribution in [3.05, 3.63) is 65.2 Å². The monoisotopic (exact) mass is 426 g/mol. The van der Waals surface area contributed by atoms with Crippen LogP contribution in [0.5, 0.6) is 23.0 Å². The number of fused-ring (bicyclic) bond motifs is 1. The van der Waals surface area contributed by atoms with Crippen molar-refractivity contribution in [2.45, 2.75) is 19.1 Å². The molecule has 0 fully saturated rings. The third-order valence-electron chi connectivity index (χ3n) is 4.78. The number of methoxy groups -OCH3 is 3. The van der Waals surface area contributed by atoms with Crippen LogP contribution in [-0.2, 0) is 13.0 Å². The van der Waals surface area contributed by atoms with Crippen molar-refractivity contribution in [1.82, 2.24) is 9.55 Å². The van der Waals surface area contributed by atoms with Crippen LogP contribution in [0, 0.1) is 0 Å². The van der Waals surface area contributed by atoms with Gasteiger partial charge in [0.1, 0.15) is 12.7 Å². The Labute approximate surface area is 180 Å². The molecule has 0 saturated carbocycles. The fourth-order valence-electron chi connectivity index (χ4n) is 3.21. The van der Waals surface area contributed by atoms with Gasteiger partial charge in [0.25, 0.3) is 5.56 Å². The van der Waals surface area contributed by atoms with E-state index in [1.807, 2.05) is 12.1 Å². The van der Waals surface area contributed by atoms with Gasteiger partial charge in [-0.15, -0.1) is 6.58 Å². The SMILES string of the molecule is C=CCc1ccc(OCC(O)Cn2cnc3cc(OC)c(OC)cc3c2=O)c(OC)c1. The molecule has 1 atom stereocenters. The molecule has 0 aliphatic heterocycles. The second kappa shape index (κ2) is 9.99. The van der Waals surface area contributed by atoms with Gasteiger partial charge in [-0.05, 0) is 30.2 Å². The Balaban J connectivity index is 1.74. The standard InChI is InChI=1S/C23H26N2O6/c1-5-6-15-7-8-19(20(9-15)28-2)31-13-16(26)12-25-14-24-18-11-22(30-4)21(29-3)10-17(18)23(25)27/h5,7-11,14,16,26H,1,6,12-13H2,2-4H3. The van der Waals surface area contributed by atoms with Gasteiger partial charge in [-0.1, -0.05) is 12.1 Å². The van der Waals surface area contributed by atoms with E-state index in [1.165, 1.54) is 25.1 Å². The molecule has 0 spiro atoms. The van der Waals surface area contributed by atoms with Crippen molar-refractivity contribution in [1.29, 1.82) is 0 Å². The predicted molar refractivity (Wildman–Crippen MR) is 118 cm³/mol. The lowest BCUT2D eigenvalue weighted by Crippen LogP contribution is -2.30. The molecule has 0 aliphatic carbocycles. The molecular weight excluding hydrogens is 400 g/mol. The van der Waals surface area contributed by atoms with E-state index in [0.717, 1.165) is 5.56 Å². The summed E-state index contributed by atoms with van der Waals surface area (Å²) in [7, 11) is 4.57. The van der Waals surface area contributed by atoms with E-state index in [-0.39, 0.29) is 18.7 Å². The Morgan fingerprint density at radius 2 is 1.74 bits per heavy atom. The zero-order valence-electron chi connectivity index (χ0n) is 17.8. The fraction of sp³-hybridized carbons (Fsp3) is 0.304. The molecule has 0 bridgehead atoms. The van der Waals surface area contributed by atoms with Gasteiger partial charge >= 0.3 is 0 Å². The number of hydrogen-bond donors (Lipinski definition) is 1. The lowest BCUT2D eigenvalue weighted by atomic mass is 10.1. The van der Waals surface area contributed by atoms with Crippen LogP contribution < -0.4 is 24.5 Å². The third-order valence-corrected chi connectivity index (χ3v) is 4.78. The van der Waals surface area contributed by atoms with Crippen LogP contribution in [0.4, 0.5) is 0 Å². The minimum atomic E-state index is -0.936. The van der Waals surface area contributed by atoms with Gasteiger partial charge in [0.05, 0.1) is 45.1 Å². The minimum Gasteiger partial charge on any atom is -0.493 e. The minimum absolute atomic E-state index is 0.0203. The summed E-state index contributed by atoms with van der Waals surface area (Å²) in [5.41, 5.74) is 1.23. The average molecular weight is 426 g/mol. The molecule has 0 aliphatic rings. The Morgan fingerprint density at radius 3 is 2.42 bits per heavy atom. The van der Waals surface area contributed by atoms with Crippen LogP contribution in [0.2, 0.25) is 0 Å². The van der Waals surface area contributed by atoms with Gasteiger partial charge in [0, 0.05) is 6.07 Å². The molecule has 0 amide bonds. The Hall–Kier alpha value is -3.52. The highest BCUT2D eigenvalue weighted by Gasteiger charge is 2.14. The Bertz CT molecular complexity index is 1120. The van der Waals surface area contributed by atoms with E-state index < -0.39 is 6.10 Å². The molecule has 2 aromatic carbocycles. The second-order valence-corrected chi connectivity index (χ2v) is 6.87. The molecule has 3 rings (SSSR count). The first-order valence-electron chi connectivity index (χ1n) is 9.70. The summed E-state index contributed by atoms with van der Waals surface area (Å²) >= 11 is 0. The summed E-state index contributed by atoms with van der Waals surface area (Å²) in [4.78, 5) is 17.2. The van der Waals surface area contributed by atoms with Gasteiger partial charge in [-0.25, -0.2) is 4.98 Å². The number of aliphatic hydroxyl groups excluding tert-OH is 1. The van der Waals surface area contributed by atoms with Crippen LogP contribution in [-0.4, -0.2) is 48.7 Å². The number of aromatic nitrogens is 2. The maximum Gasteiger partial charge on any atom is 0.261 e. The molecule has 1 unspecified atom stereocenters. The van der Waals surface area contributed by atoms with Crippen molar-refractivity contribution in [3.63, 3.8) is 0 Å². The lowest BCUT2D eigenvalue weighted by molar-refractivity contribution is 0.0900. The van der Waals surface area contributed by atoms with Gasteiger partial charge < -0.3 is 24.1 Å². The Morgan fingerprint density at radius 1 is 1.06 bits per heavy atom. The molecule has 1 N–H and O–H groups in total. The van der Waals surface area contributed by atoms with Crippen LogP contribution in [0.15, 0.2) is 54.1 Å². The topological polar surface area (TPSA) is 92.0 Å². The van der Waals surface area contributed by atoms with E-state index in [1.54, 1.807) is 31.4 Å². The zero-order chi connectivity index (χ0) is 22.4. The maximum absolute atomic E-state index is 12.9. The quantitative estimate of drug-likeness (QED) is 0.498. The molecule has 0 saturated heterocycles. The summed E-state index contributed by atoms with van der Waals surface area (Å²) in [6, 6.07) is 8.78. The first kappa shape index (κ1) is 22.2. The molecule has 31 heavy (non-hydrogen) atoms. The normalized spacial score (nSPS) is 11.7. The van der Waals surface area contributed by atoms with Crippen LogP contribution >= 0.6 is 0 Å². The predicted octanol–water partition coefficient (Wildman–Crippen LogP) is 2.59. The summed E-state index contributed by atoms with van der Waals surface area (Å²) in [6.45, 7) is 3.73. The summed E-state index contributed by atoms with van der Waals surface area (Å²) in [5.74, 6) is 2.00. The average Bonchev–Trinajstić information content (AvgIpc) is 2.79. The van der Waals surface area contributed by atoms with Gasteiger partial charge in [-0.2, -0.15) is 0 Å². The van der Waals surface area contributed by atoms with Crippen LogP contribution in [0.1, 0.15) is 5.56 Å². The molecular formula is C23H26N2O6. The summed E-state index contributed by atoms with van der Waals surface area (Å²) < 4.78 is 22.9. The second-order valence-electron chi connectivity index (χ2n) is 6.87. The Kier molecular flexibility index (Phi) is 7.15. The maximum atomic E-state index is 12.9. The highest BCUT2D eigenvalue weighted by Crippen LogP contribution is 2.30. The molecule has 1 aromatic heterocycles. The first-order chi connectivity index (χ1) is 15.0. The number of nitrogens with zero attached hydrogens (tertiary/aromatic N) is 2. The molecule has 164 valence electrons. The van der Waals surface area contributed by atoms with E-state index in [0.29, 0.717) is 40.3 Å². The van der Waals surface area contributed by atoms with E-state index >= 15 is 0 Å². The van der Waals surface area contributed by atoms with Crippen molar-refractivity contribution in [2.24, 2.45) is 0 Å². The molecule has 0 radical (unpaired) electrons. The van der Waals surface area contributed by atoms with Gasteiger partial charge in [0.15, 0.2) is 23.0 Å². The van der Waals surface area contributed by atoms with Crippen molar-refractivity contribution in [2.75, 3.05) is 27.9 Å². The van der Waals surface area contributed by atoms with Crippen molar-refractivity contribution < 1.29 is 24.1 Å². The van der Waals surface area contributed by atoms with E-state index in [9.17, 15) is 9.90 Å². The van der Waals surface area contributed by atoms with Gasteiger partial charge in [-0.3, -0.25) is 9.36 Å². The lowest BCUT2D eigenvalue weighted by Gasteiger charge is -2.16. The highest BCUT2D eigenvalue weighted by atomic mass is 16.5. The molecule has 1 heterocycles.